The average Bonchev–Trinajstić information content (AvgIpc) is 2.99. The molecular weight excluding hydrogens is 564 g/mol. The molecule has 3 aromatic rings. The van der Waals surface area contributed by atoms with Gasteiger partial charge < -0.3 is 20.1 Å². The molecule has 2 unspecified atom stereocenters. The molecule has 0 saturated carbocycles. The first-order valence-corrected chi connectivity index (χ1v) is 14.0. The molecule has 12 heteroatoms. The van der Waals surface area contributed by atoms with E-state index in [9.17, 15) is 22.7 Å². The Hall–Kier alpha value is -4.45. The first-order valence-electron chi connectivity index (χ1n) is 14.0. The lowest BCUT2D eigenvalue weighted by Gasteiger charge is -2.28. The summed E-state index contributed by atoms with van der Waals surface area (Å²) in [5.41, 5.74) is 3.73. The highest BCUT2D eigenvalue weighted by Crippen LogP contribution is 2.36. The zero-order valence-corrected chi connectivity index (χ0v) is 23.5. The molecule has 0 radical (unpaired) electrons. The van der Waals surface area contributed by atoms with Gasteiger partial charge in [-0.3, -0.25) is 0 Å². The van der Waals surface area contributed by atoms with Crippen LogP contribution in [0.5, 0.6) is 5.75 Å². The lowest BCUT2D eigenvalue weighted by atomic mass is 9.85. The van der Waals surface area contributed by atoms with Crippen LogP contribution >= 0.6 is 0 Å². The standard InChI is InChI=1S/C31H32F4N6O2/c1-2-4-20-14-25(38-26-15-23(13-24(17-26)31(33,34)35)21-5-3-6-27(42)16-21)8-7-22(20)18-37-40-30-36-19-28(32)29(39-30)41-9-11-43-12-10-41/h3,5-8,13-20,22,38,42H,2,4,9-12H2,1H3,(H,36,39,40)/b37-18+. The van der Waals surface area contributed by atoms with Gasteiger partial charge in [-0.2, -0.15) is 23.3 Å². The number of alkyl halides is 3. The fraction of sp³-hybridized carbons (Fsp3) is 0.323. The number of hydrazone groups is 1. The SMILES string of the molecule is CCCC1C=C(Nc2cc(-c3cccc(O)c3)cc(C(F)(F)F)c2)C=CC1/C=N/Nc1ncc(F)c(N2CCOCC2)n1. The monoisotopic (exact) mass is 596 g/mol. The molecule has 5 rings (SSSR count). The van der Waals surface area contributed by atoms with Gasteiger partial charge in [0.05, 0.1) is 25.0 Å². The van der Waals surface area contributed by atoms with Crippen molar-refractivity contribution >= 4 is 23.7 Å². The van der Waals surface area contributed by atoms with Crippen LogP contribution in [-0.4, -0.2) is 47.6 Å². The van der Waals surface area contributed by atoms with Crippen molar-refractivity contribution in [2.24, 2.45) is 16.9 Å². The number of ether oxygens (including phenoxy) is 1. The third-order valence-electron chi connectivity index (χ3n) is 7.18. The van der Waals surface area contributed by atoms with Crippen LogP contribution in [0.1, 0.15) is 25.3 Å². The molecule has 0 amide bonds. The maximum atomic E-state index is 14.3. The molecule has 1 fully saturated rings. The van der Waals surface area contributed by atoms with Crippen molar-refractivity contribution in [1.82, 2.24) is 9.97 Å². The fourth-order valence-electron chi connectivity index (χ4n) is 5.08. The van der Waals surface area contributed by atoms with E-state index < -0.39 is 17.6 Å². The van der Waals surface area contributed by atoms with E-state index in [0.29, 0.717) is 43.1 Å². The normalized spacial score (nSPS) is 19.0. The zero-order chi connectivity index (χ0) is 30.4. The van der Waals surface area contributed by atoms with E-state index in [1.54, 1.807) is 29.3 Å². The molecule has 2 heterocycles. The Bertz CT molecular complexity index is 1520. The van der Waals surface area contributed by atoms with Crippen molar-refractivity contribution < 1.29 is 27.4 Å². The highest BCUT2D eigenvalue weighted by molar-refractivity contribution is 5.72. The van der Waals surface area contributed by atoms with Gasteiger partial charge in [0.2, 0.25) is 5.95 Å². The van der Waals surface area contributed by atoms with E-state index in [4.69, 9.17) is 4.74 Å². The number of anilines is 3. The molecule has 2 aliphatic rings. The Morgan fingerprint density at radius 1 is 1.14 bits per heavy atom. The van der Waals surface area contributed by atoms with E-state index in [2.05, 4.69) is 32.7 Å². The molecule has 1 aliphatic heterocycles. The molecule has 1 aromatic heterocycles. The van der Waals surface area contributed by atoms with Gasteiger partial charge in [0.15, 0.2) is 11.6 Å². The Kier molecular flexibility index (Phi) is 9.24. The number of allylic oxidation sites excluding steroid dienone is 3. The first-order chi connectivity index (χ1) is 20.7. The van der Waals surface area contributed by atoms with Crippen LogP contribution in [0.2, 0.25) is 0 Å². The Morgan fingerprint density at radius 2 is 1.95 bits per heavy atom. The Labute approximate surface area is 246 Å². The number of aromatic nitrogens is 2. The van der Waals surface area contributed by atoms with Crippen LogP contribution < -0.4 is 15.6 Å². The fourth-order valence-corrected chi connectivity index (χ4v) is 5.08. The molecule has 1 saturated heterocycles. The third-order valence-corrected chi connectivity index (χ3v) is 7.18. The smallest absolute Gasteiger partial charge is 0.416 e. The average molecular weight is 597 g/mol. The molecule has 8 nitrogen and oxygen atoms in total. The molecule has 0 spiro atoms. The molecule has 2 aromatic carbocycles. The molecule has 1 aliphatic carbocycles. The van der Waals surface area contributed by atoms with Crippen LogP contribution in [0.25, 0.3) is 11.1 Å². The van der Waals surface area contributed by atoms with Crippen molar-refractivity contribution in [3.8, 4) is 16.9 Å². The van der Waals surface area contributed by atoms with E-state index in [-0.39, 0.29) is 35.0 Å². The summed E-state index contributed by atoms with van der Waals surface area (Å²) in [5, 5.41) is 17.3. The topological polar surface area (TPSA) is 94.9 Å². The third kappa shape index (κ3) is 7.69. The lowest BCUT2D eigenvalue weighted by molar-refractivity contribution is -0.137. The number of halogens is 4. The van der Waals surface area contributed by atoms with E-state index in [0.717, 1.165) is 31.2 Å². The summed E-state index contributed by atoms with van der Waals surface area (Å²) < 4.78 is 60.9. The number of phenolic OH excluding ortho intramolecular Hbond substituents is 1. The van der Waals surface area contributed by atoms with Crippen LogP contribution in [0.4, 0.5) is 35.0 Å². The second kappa shape index (κ2) is 13.2. The largest absolute Gasteiger partial charge is 0.508 e. The Morgan fingerprint density at radius 3 is 2.70 bits per heavy atom. The van der Waals surface area contributed by atoms with Gasteiger partial charge >= 0.3 is 6.18 Å². The number of rotatable bonds is 9. The number of hydrogen-bond acceptors (Lipinski definition) is 8. The number of nitrogens with zero attached hydrogens (tertiary/aromatic N) is 4. The van der Waals surface area contributed by atoms with Gasteiger partial charge in [0, 0.05) is 36.6 Å². The minimum atomic E-state index is -4.55. The second-order valence-corrected chi connectivity index (χ2v) is 10.3. The van der Waals surface area contributed by atoms with E-state index in [1.807, 2.05) is 18.2 Å². The predicted octanol–water partition coefficient (Wildman–Crippen LogP) is 6.84. The quantitative estimate of drug-likeness (QED) is 0.141. The highest BCUT2D eigenvalue weighted by atomic mass is 19.4. The van der Waals surface area contributed by atoms with Gasteiger partial charge in [0.1, 0.15) is 5.75 Å². The maximum absolute atomic E-state index is 14.3. The number of phenols is 1. The van der Waals surface area contributed by atoms with Gasteiger partial charge in [-0.05, 0) is 59.9 Å². The Balaban J connectivity index is 1.31. The second-order valence-electron chi connectivity index (χ2n) is 10.3. The highest BCUT2D eigenvalue weighted by Gasteiger charge is 2.31. The molecule has 3 N–H and O–H groups in total. The summed E-state index contributed by atoms with van der Waals surface area (Å²) in [7, 11) is 0. The number of benzene rings is 2. The van der Waals surface area contributed by atoms with Gasteiger partial charge in [0.25, 0.3) is 0 Å². The number of hydrogen-bond donors (Lipinski definition) is 3. The lowest BCUT2D eigenvalue weighted by Crippen LogP contribution is -2.37. The maximum Gasteiger partial charge on any atom is 0.416 e. The first kappa shape index (κ1) is 30.0. The van der Waals surface area contributed by atoms with E-state index >= 15 is 0 Å². The minimum absolute atomic E-state index is 0.0254. The van der Waals surface area contributed by atoms with E-state index in [1.165, 1.54) is 12.1 Å². The summed E-state index contributed by atoms with van der Waals surface area (Å²) in [6, 6.07) is 9.89. The van der Waals surface area contributed by atoms with Crippen molar-refractivity contribution in [1.29, 1.82) is 0 Å². The predicted molar refractivity (Wildman–Crippen MR) is 158 cm³/mol. The molecule has 2 atom stereocenters. The summed E-state index contributed by atoms with van der Waals surface area (Å²) in [4.78, 5) is 10.1. The summed E-state index contributed by atoms with van der Waals surface area (Å²) in [6.07, 6.45) is 5.71. The molecule has 0 bridgehead atoms. The van der Waals surface area contributed by atoms with Crippen LogP contribution in [-0.2, 0) is 10.9 Å². The van der Waals surface area contributed by atoms with Crippen LogP contribution in [0.15, 0.2) is 77.7 Å². The zero-order valence-electron chi connectivity index (χ0n) is 23.5. The minimum Gasteiger partial charge on any atom is -0.508 e. The summed E-state index contributed by atoms with van der Waals surface area (Å²) >= 11 is 0. The van der Waals surface area contributed by atoms with Gasteiger partial charge in [-0.15, -0.1) is 0 Å². The number of nitrogens with one attached hydrogen (secondary N) is 2. The summed E-state index contributed by atoms with van der Waals surface area (Å²) in [6.45, 7) is 4.10. The van der Waals surface area contributed by atoms with Crippen molar-refractivity contribution in [2.45, 2.75) is 25.9 Å². The van der Waals surface area contributed by atoms with Crippen LogP contribution in [0, 0.1) is 17.7 Å². The van der Waals surface area contributed by atoms with Crippen molar-refractivity contribution in [2.75, 3.05) is 41.9 Å². The molecular formula is C31H32F4N6O2. The molecule has 43 heavy (non-hydrogen) atoms. The van der Waals surface area contributed by atoms with Crippen molar-refractivity contribution in [3.05, 3.63) is 84.0 Å². The number of aromatic hydroxyl groups is 1. The van der Waals surface area contributed by atoms with Crippen LogP contribution in [0.3, 0.4) is 0 Å². The van der Waals surface area contributed by atoms with Gasteiger partial charge in [-0.1, -0.05) is 37.6 Å². The number of morpholine rings is 1. The van der Waals surface area contributed by atoms with Crippen molar-refractivity contribution in [3.63, 3.8) is 0 Å². The van der Waals surface area contributed by atoms with Gasteiger partial charge in [-0.25, -0.2) is 14.8 Å². The summed E-state index contributed by atoms with van der Waals surface area (Å²) in [5.74, 6) is -0.266. The molecule has 226 valence electrons.